The maximum absolute atomic E-state index is 13.4. The van der Waals surface area contributed by atoms with Gasteiger partial charge in [-0.15, -0.1) is 0 Å². The number of carboxylic acid groups (broad SMARTS) is 1. The van der Waals surface area contributed by atoms with Gasteiger partial charge in [0, 0.05) is 0 Å². The third-order valence-electron chi connectivity index (χ3n) is 11.1. The van der Waals surface area contributed by atoms with Crippen molar-refractivity contribution in [2.75, 3.05) is 26.4 Å². The first-order valence-corrected chi connectivity index (χ1v) is 29.9. The van der Waals surface area contributed by atoms with Crippen molar-refractivity contribution < 1.29 is 134 Å². The number of hydrogen-bond acceptors (Lipinski definition) is 22. The molecule has 23 N–H and O–H groups in total. The molecule has 0 aliphatic carbocycles. The van der Waals surface area contributed by atoms with Crippen LogP contribution in [0, 0.1) is 0 Å². The molecule has 42 nitrogen and oxygen atoms in total. The molecule has 0 aliphatic rings. The normalized spacial score (nSPS) is 16.4. The lowest BCUT2D eigenvalue weighted by atomic mass is 10.2. The molecule has 0 spiro atoms. The van der Waals surface area contributed by atoms with Crippen LogP contribution in [-0.4, -0.2) is 233 Å². The molecule has 0 aromatic heterocycles. The second-order valence-electron chi connectivity index (χ2n) is 19.0. The number of phosphoric ester groups is 3. The number of aliphatic hydroxyl groups excluding tert-OH is 1. The standard InChI is InChI=1S/C42H75N14O28P3/c1-15(43)29(58)44-20(6)35(64)54-26(12-82-85(73,74)75)39(68)50-17(3)31(60)46-22(8)37(66)56-28(14-84-87(79,80)81)41(70)51-18(4)32(61)47-23(9)36(65)55-27(13-83-86(76,77)78)40(69)49-16(2)30(59)45-21(7)34(63)53-25(11-57)38(67)48-19(5)33(62)52-24(10)42(71)72/h15-28,57H,11-14,43H2,1-10H3,(H,44,58)(H,45,59)(H,46,60)(H,47,61)(H,48,67)(H,49,69)(H,50,68)(H,51,70)(H,52,62)(H,53,63)(H,54,64)(H,55,65)(H,56,66)(H,71,72)(H2,73,74,75)(H2,76,77,78)(H2,79,80,81)/t15-,16-,17-,18-,19-,20-,21-,22-,23-,24-,25-,26-,27-,28-/m0/s1. The van der Waals surface area contributed by atoms with Crippen LogP contribution in [0.5, 0.6) is 0 Å². The van der Waals surface area contributed by atoms with Gasteiger partial charge < -0.3 is 114 Å². The predicted octanol–water partition coefficient (Wildman–Crippen LogP) is -10.8. The van der Waals surface area contributed by atoms with E-state index in [2.05, 4.69) is 72.1 Å². The van der Waals surface area contributed by atoms with Gasteiger partial charge in [-0.2, -0.15) is 0 Å². The number of nitrogens with one attached hydrogen (secondary N) is 13. The van der Waals surface area contributed by atoms with E-state index in [9.17, 15) is 105 Å². The van der Waals surface area contributed by atoms with Gasteiger partial charge in [0.05, 0.1) is 32.5 Å². The molecule has 0 rings (SSSR count). The van der Waals surface area contributed by atoms with Gasteiger partial charge in [-0.05, 0) is 69.2 Å². The SMILES string of the molecule is C[C@H](N)C(=O)N[C@@H](C)C(=O)N[C@@H](COP(=O)(O)O)C(=O)N[C@@H](C)C(=O)N[C@@H](C)C(=O)N[C@@H](COP(=O)(O)O)C(=O)N[C@@H](C)C(=O)N[C@@H](C)C(=O)N[C@@H](COP(=O)(O)O)C(=O)N[C@@H](C)C(=O)N[C@@H](C)C(=O)N[C@@H](CO)C(=O)N[C@@H](C)C(=O)N[C@@H](C)C(=O)O. The average molecular weight is 1320 g/mol. The van der Waals surface area contributed by atoms with Crippen LogP contribution in [-0.2, 0) is 94.4 Å². The number of hydrogen-bond donors (Lipinski definition) is 22. The molecule has 0 aromatic carbocycles. The molecule has 0 saturated carbocycles. The van der Waals surface area contributed by atoms with Crippen LogP contribution >= 0.6 is 23.5 Å². The minimum Gasteiger partial charge on any atom is -0.480 e. The molecule has 0 bridgehead atoms. The highest BCUT2D eigenvalue weighted by molar-refractivity contribution is 7.46. The fourth-order valence-electron chi connectivity index (χ4n) is 5.99. The highest BCUT2D eigenvalue weighted by Crippen LogP contribution is 2.37. The Bertz CT molecular complexity index is 2670. The molecule has 0 heterocycles. The fourth-order valence-corrected chi connectivity index (χ4v) is 7.01. The summed E-state index contributed by atoms with van der Waals surface area (Å²) in [4.78, 5) is 235. The summed E-state index contributed by atoms with van der Waals surface area (Å²) >= 11 is 0. The topological polar surface area (TPSA) is 662 Å². The minimum atomic E-state index is -5.40. The Kier molecular flexibility index (Phi) is 33.2. The molecule has 87 heavy (non-hydrogen) atoms. The number of amides is 13. The van der Waals surface area contributed by atoms with Crippen LogP contribution in [0.25, 0.3) is 0 Å². The van der Waals surface area contributed by atoms with Gasteiger partial charge in [0.25, 0.3) is 0 Å². The van der Waals surface area contributed by atoms with Crippen molar-refractivity contribution >= 4 is 106 Å². The van der Waals surface area contributed by atoms with Crippen molar-refractivity contribution in [2.24, 2.45) is 5.73 Å². The van der Waals surface area contributed by atoms with Crippen LogP contribution in [0.3, 0.4) is 0 Å². The Hall–Kier alpha value is -7.17. The van der Waals surface area contributed by atoms with Crippen molar-refractivity contribution in [1.29, 1.82) is 0 Å². The Morgan fingerprint density at radius 3 is 0.678 bits per heavy atom. The zero-order valence-corrected chi connectivity index (χ0v) is 50.8. The van der Waals surface area contributed by atoms with Gasteiger partial charge in [-0.1, -0.05) is 0 Å². The van der Waals surface area contributed by atoms with Gasteiger partial charge in [-0.3, -0.25) is 80.7 Å². The zero-order valence-electron chi connectivity index (χ0n) is 48.1. The summed E-state index contributed by atoms with van der Waals surface area (Å²) in [6.45, 7) is 6.18. The van der Waals surface area contributed by atoms with E-state index in [-0.39, 0.29) is 0 Å². The molecule has 0 radical (unpaired) electrons. The highest BCUT2D eigenvalue weighted by Gasteiger charge is 2.36. The summed E-state index contributed by atoms with van der Waals surface area (Å²) in [5.74, 6) is -16.5. The van der Waals surface area contributed by atoms with E-state index in [0.717, 1.165) is 48.5 Å². The molecule has 14 atom stereocenters. The van der Waals surface area contributed by atoms with E-state index in [4.69, 9.17) is 20.6 Å². The Morgan fingerprint density at radius 1 is 0.310 bits per heavy atom. The summed E-state index contributed by atoms with van der Waals surface area (Å²) in [6, 6.07) is -22.8. The Labute approximate surface area is 494 Å². The average Bonchev–Trinajstić information content (AvgIpc) is 3.54. The number of aliphatic carboxylic acids is 1. The van der Waals surface area contributed by atoms with Crippen LogP contribution in [0.2, 0.25) is 0 Å². The van der Waals surface area contributed by atoms with Crippen LogP contribution in [0.4, 0.5) is 0 Å². The number of carbonyl (C=O) groups is 14. The maximum Gasteiger partial charge on any atom is 0.469 e. The number of rotatable bonds is 37. The van der Waals surface area contributed by atoms with Gasteiger partial charge in [0.1, 0.15) is 78.5 Å². The van der Waals surface area contributed by atoms with Crippen molar-refractivity contribution in [3.8, 4) is 0 Å². The van der Waals surface area contributed by atoms with Crippen molar-refractivity contribution in [2.45, 2.75) is 154 Å². The van der Waals surface area contributed by atoms with Crippen molar-refractivity contribution in [3.63, 3.8) is 0 Å². The maximum atomic E-state index is 13.4. The van der Waals surface area contributed by atoms with Gasteiger partial charge >= 0.3 is 29.4 Å². The third-order valence-corrected chi connectivity index (χ3v) is 12.6. The smallest absolute Gasteiger partial charge is 0.469 e. The Morgan fingerprint density at radius 2 is 0.483 bits per heavy atom. The number of carbonyl (C=O) groups excluding carboxylic acids is 13. The van der Waals surface area contributed by atoms with Crippen LogP contribution < -0.4 is 74.9 Å². The molecular weight excluding hydrogens is 1240 g/mol. The first-order chi connectivity index (χ1) is 39.7. The van der Waals surface area contributed by atoms with Crippen LogP contribution in [0.15, 0.2) is 0 Å². The number of aliphatic hydroxyl groups is 1. The summed E-state index contributed by atoms with van der Waals surface area (Å²) in [6.07, 6.45) is 0. The summed E-state index contributed by atoms with van der Waals surface area (Å²) < 4.78 is 47.6. The molecule has 45 heteroatoms. The van der Waals surface area contributed by atoms with Crippen molar-refractivity contribution in [3.05, 3.63) is 0 Å². The Balaban J connectivity index is 5.96. The highest BCUT2D eigenvalue weighted by atomic mass is 31.2. The number of nitrogens with two attached hydrogens (primary N) is 1. The quantitative estimate of drug-likeness (QED) is 0.0257. The molecule has 13 amide bonds. The zero-order chi connectivity index (χ0) is 67.8. The first-order valence-electron chi connectivity index (χ1n) is 25.3. The van der Waals surface area contributed by atoms with Crippen molar-refractivity contribution in [1.82, 2.24) is 69.1 Å². The fraction of sp³-hybridized carbons (Fsp3) is 0.667. The van der Waals surface area contributed by atoms with E-state index in [0.29, 0.717) is 0 Å². The number of carboxylic acids is 1. The molecule has 0 unspecified atom stereocenters. The third kappa shape index (κ3) is 31.9. The van der Waals surface area contributed by atoms with E-state index in [1.165, 1.54) is 20.8 Å². The van der Waals surface area contributed by atoms with E-state index in [1.54, 1.807) is 0 Å². The first kappa shape index (κ1) is 79.8. The van der Waals surface area contributed by atoms with Gasteiger partial charge in [-0.25, -0.2) is 13.7 Å². The predicted molar refractivity (Wildman–Crippen MR) is 289 cm³/mol. The summed E-state index contributed by atoms with van der Waals surface area (Å²) in [7, 11) is -16.0. The second-order valence-corrected chi connectivity index (χ2v) is 22.7. The molecule has 0 aliphatic heterocycles. The largest absolute Gasteiger partial charge is 0.480 e. The van der Waals surface area contributed by atoms with E-state index < -0.39 is 217 Å². The second kappa shape index (κ2) is 36.2. The van der Waals surface area contributed by atoms with E-state index >= 15 is 0 Å². The molecule has 496 valence electrons. The monoisotopic (exact) mass is 1320 g/mol. The molecule has 0 aromatic rings. The van der Waals surface area contributed by atoms with E-state index in [1.807, 2.05) is 10.6 Å². The summed E-state index contributed by atoms with van der Waals surface area (Å²) in [5.41, 5.74) is 5.45. The van der Waals surface area contributed by atoms with Gasteiger partial charge in [0.15, 0.2) is 0 Å². The molecule has 0 saturated heterocycles. The minimum absolute atomic E-state index is 0.789. The number of phosphoric acid groups is 3. The van der Waals surface area contributed by atoms with Gasteiger partial charge in [0.2, 0.25) is 76.8 Å². The van der Waals surface area contributed by atoms with Crippen LogP contribution in [0.1, 0.15) is 69.2 Å². The lowest BCUT2D eigenvalue weighted by Gasteiger charge is -2.25. The lowest BCUT2D eigenvalue weighted by molar-refractivity contribution is -0.141. The summed E-state index contributed by atoms with van der Waals surface area (Å²) in [5, 5.41) is 46.0. The molecule has 0 fully saturated rings. The molecular formula is C42H75N14O28P3. The lowest BCUT2D eigenvalue weighted by Crippen LogP contribution is -2.60.